The van der Waals surface area contributed by atoms with Crippen molar-refractivity contribution in [3.63, 3.8) is 0 Å². The minimum Gasteiger partial charge on any atom is -0.298 e. The molecule has 3 aromatic heterocycles. The number of imidazole rings is 1. The molecule has 0 amide bonds. The zero-order chi connectivity index (χ0) is 21.9. The fourth-order valence-electron chi connectivity index (χ4n) is 3.79. The van der Waals surface area contributed by atoms with Gasteiger partial charge in [0.15, 0.2) is 17.0 Å². The lowest BCUT2D eigenvalue weighted by Gasteiger charge is -2.08. The van der Waals surface area contributed by atoms with Gasteiger partial charge in [0.1, 0.15) is 5.82 Å². The van der Waals surface area contributed by atoms with Gasteiger partial charge in [0, 0.05) is 30.2 Å². The number of aromatic nitrogens is 6. The lowest BCUT2D eigenvalue weighted by atomic mass is 10.2. The molecule has 3 heterocycles. The van der Waals surface area contributed by atoms with Crippen LogP contribution in [-0.4, -0.2) is 28.3 Å². The van der Waals surface area contributed by atoms with E-state index in [0.29, 0.717) is 33.4 Å². The van der Waals surface area contributed by atoms with Crippen LogP contribution in [-0.2, 0) is 20.6 Å². The molecule has 0 aliphatic carbocycles. The predicted molar refractivity (Wildman–Crippen MR) is 115 cm³/mol. The molecule has 10 heteroatoms. The lowest BCUT2D eigenvalue weighted by Crippen LogP contribution is -2.37. The van der Waals surface area contributed by atoms with E-state index in [1.165, 1.54) is 17.7 Å². The molecule has 0 bridgehead atoms. The van der Waals surface area contributed by atoms with E-state index in [9.17, 15) is 14.0 Å². The maximum atomic E-state index is 14.4. The minimum atomic E-state index is -0.498. The highest BCUT2D eigenvalue weighted by molar-refractivity contribution is 6.30. The molecule has 0 saturated carbocycles. The van der Waals surface area contributed by atoms with Crippen molar-refractivity contribution in [2.24, 2.45) is 14.1 Å². The third kappa shape index (κ3) is 2.81. The van der Waals surface area contributed by atoms with Gasteiger partial charge < -0.3 is 0 Å². The highest BCUT2D eigenvalue weighted by Crippen LogP contribution is 2.26. The Hall–Kier alpha value is -3.72. The molecule has 0 aliphatic heterocycles. The Bertz CT molecular complexity index is 1590. The summed E-state index contributed by atoms with van der Waals surface area (Å²) in [6, 6.07) is 13.3. The van der Waals surface area contributed by atoms with Gasteiger partial charge >= 0.3 is 5.69 Å². The molecule has 0 spiro atoms. The summed E-state index contributed by atoms with van der Waals surface area (Å²) in [4.78, 5) is 25.8. The first-order valence-electron chi connectivity index (χ1n) is 9.41. The van der Waals surface area contributed by atoms with Crippen molar-refractivity contribution in [1.29, 1.82) is 0 Å². The summed E-state index contributed by atoms with van der Waals surface area (Å²) in [7, 11) is 2.98. The summed E-state index contributed by atoms with van der Waals surface area (Å²) in [5.41, 5.74) is 0.659. The van der Waals surface area contributed by atoms with E-state index >= 15 is 0 Å². The summed E-state index contributed by atoms with van der Waals surface area (Å²) >= 11 is 6.01. The second-order valence-corrected chi connectivity index (χ2v) is 7.66. The fourth-order valence-corrected chi connectivity index (χ4v) is 3.91. The number of nitrogens with zero attached hydrogens (tertiary/aromatic N) is 6. The van der Waals surface area contributed by atoms with E-state index in [2.05, 4.69) is 10.2 Å². The SMILES string of the molecule is Cn1c(=O)c2c(n(C)c1=O)n1c(-c3ccc(Cl)cc3)nnc1n2Cc1ccccc1F. The molecule has 5 rings (SSSR count). The normalized spacial score (nSPS) is 11.6. The van der Waals surface area contributed by atoms with Crippen LogP contribution in [0.1, 0.15) is 5.56 Å². The molecule has 5 aromatic rings. The fraction of sp³-hybridized carbons (Fsp3) is 0.143. The zero-order valence-electron chi connectivity index (χ0n) is 16.6. The van der Waals surface area contributed by atoms with Gasteiger partial charge in [-0.2, -0.15) is 0 Å². The molecule has 156 valence electrons. The Kier molecular flexibility index (Phi) is 4.30. The van der Waals surface area contributed by atoms with Crippen LogP contribution in [0.3, 0.4) is 0 Å². The number of fused-ring (bicyclic) bond motifs is 3. The van der Waals surface area contributed by atoms with Crippen molar-refractivity contribution in [1.82, 2.24) is 28.3 Å². The van der Waals surface area contributed by atoms with E-state index in [-0.39, 0.29) is 12.1 Å². The lowest BCUT2D eigenvalue weighted by molar-refractivity contribution is 0.602. The quantitative estimate of drug-likeness (QED) is 0.433. The van der Waals surface area contributed by atoms with Gasteiger partial charge in [-0.15, -0.1) is 10.2 Å². The Morgan fingerprint density at radius 1 is 0.968 bits per heavy atom. The van der Waals surface area contributed by atoms with Gasteiger partial charge in [-0.05, 0) is 30.3 Å². The number of hydrogen-bond donors (Lipinski definition) is 0. The molecule has 8 nitrogen and oxygen atoms in total. The smallest absolute Gasteiger partial charge is 0.298 e. The number of aryl methyl sites for hydroxylation is 1. The third-order valence-corrected chi connectivity index (χ3v) is 5.62. The summed E-state index contributed by atoms with van der Waals surface area (Å²) in [6.07, 6.45) is 0. The molecule has 2 aromatic carbocycles. The minimum absolute atomic E-state index is 0.0475. The van der Waals surface area contributed by atoms with Gasteiger partial charge in [0.05, 0.1) is 6.54 Å². The van der Waals surface area contributed by atoms with Crippen LogP contribution in [0.25, 0.3) is 28.3 Å². The molecule has 0 aliphatic rings. The average Bonchev–Trinajstić information content (AvgIpc) is 3.32. The molecule has 0 radical (unpaired) electrons. The van der Waals surface area contributed by atoms with Crippen LogP contribution in [0.2, 0.25) is 5.02 Å². The highest BCUT2D eigenvalue weighted by atomic mass is 35.5. The molecule has 31 heavy (non-hydrogen) atoms. The van der Waals surface area contributed by atoms with Crippen LogP contribution >= 0.6 is 11.6 Å². The summed E-state index contributed by atoms with van der Waals surface area (Å²) in [6.45, 7) is 0.0475. The Balaban J connectivity index is 1.92. The van der Waals surface area contributed by atoms with E-state index in [1.807, 2.05) is 0 Å². The largest absolute Gasteiger partial charge is 0.332 e. The van der Waals surface area contributed by atoms with Crippen molar-refractivity contribution < 1.29 is 4.39 Å². The highest BCUT2D eigenvalue weighted by Gasteiger charge is 2.24. The summed E-state index contributed by atoms with van der Waals surface area (Å²) in [5.74, 6) is 0.357. The number of halogens is 2. The van der Waals surface area contributed by atoms with Crippen LogP contribution in [0, 0.1) is 5.82 Å². The van der Waals surface area contributed by atoms with Crippen molar-refractivity contribution in [2.45, 2.75) is 6.54 Å². The molecular weight excluding hydrogens is 423 g/mol. The molecule has 0 atom stereocenters. The molecule has 0 N–H and O–H groups in total. The van der Waals surface area contributed by atoms with Crippen LogP contribution in [0.5, 0.6) is 0 Å². The van der Waals surface area contributed by atoms with Gasteiger partial charge in [0.2, 0.25) is 5.78 Å². The van der Waals surface area contributed by atoms with E-state index in [1.54, 1.807) is 58.5 Å². The van der Waals surface area contributed by atoms with E-state index in [0.717, 1.165) is 4.57 Å². The first-order valence-corrected chi connectivity index (χ1v) is 9.79. The van der Waals surface area contributed by atoms with Gasteiger partial charge in [0.25, 0.3) is 5.56 Å². The predicted octanol–water partition coefficient (Wildman–Crippen LogP) is 2.59. The Labute approximate surface area is 179 Å². The molecule has 0 unspecified atom stereocenters. The third-order valence-electron chi connectivity index (χ3n) is 5.37. The van der Waals surface area contributed by atoms with Crippen molar-refractivity contribution in [2.75, 3.05) is 0 Å². The number of hydrogen-bond acceptors (Lipinski definition) is 4. The average molecular weight is 439 g/mol. The van der Waals surface area contributed by atoms with Crippen molar-refractivity contribution in [3.8, 4) is 11.4 Å². The molecule has 0 saturated heterocycles. The van der Waals surface area contributed by atoms with Gasteiger partial charge in [-0.25, -0.2) is 13.6 Å². The second kappa shape index (κ2) is 6.92. The Morgan fingerprint density at radius 3 is 2.39 bits per heavy atom. The van der Waals surface area contributed by atoms with Crippen molar-refractivity contribution in [3.05, 3.63) is 85.8 Å². The number of rotatable bonds is 3. The zero-order valence-corrected chi connectivity index (χ0v) is 17.3. The topological polar surface area (TPSA) is 79.1 Å². The standard InChI is InChI=1S/C21H16ClFN6O2/c1-26-18-16(19(30)27(2)21(26)31)28(11-13-5-3-4-6-15(13)23)20-25-24-17(29(18)20)12-7-9-14(22)10-8-12/h3-10H,11H2,1-2H3. The first kappa shape index (κ1) is 19.3. The monoisotopic (exact) mass is 438 g/mol. The van der Waals surface area contributed by atoms with Crippen LogP contribution in [0.15, 0.2) is 58.1 Å². The maximum absolute atomic E-state index is 14.4. The van der Waals surface area contributed by atoms with Gasteiger partial charge in [-0.1, -0.05) is 29.8 Å². The molecule has 0 fully saturated rings. The van der Waals surface area contributed by atoms with E-state index < -0.39 is 17.1 Å². The first-order chi connectivity index (χ1) is 14.9. The van der Waals surface area contributed by atoms with E-state index in [4.69, 9.17) is 11.6 Å². The second-order valence-electron chi connectivity index (χ2n) is 7.22. The van der Waals surface area contributed by atoms with Gasteiger partial charge in [-0.3, -0.25) is 18.5 Å². The molecular formula is C21H16ClFN6O2. The Morgan fingerprint density at radius 2 is 1.68 bits per heavy atom. The summed E-state index contributed by atoms with van der Waals surface area (Å²) in [5, 5.41) is 9.13. The summed E-state index contributed by atoms with van der Waals surface area (Å²) < 4.78 is 20.0. The van der Waals surface area contributed by atoms with Crippen LogP contribution < -0.4 is 11.2 Å². The maximum Gasteiger partial charge on any atom is 0.332 e. The van der Waals surface area contributed by atoms with Crippen molar-refractivity contribution >= 4 is 28.5 Å². The number of benzene rings is 2. The van der Waals surface area contributed by atoms with Crippen LogP contribution in [0.4, 0.5) is 4.39 Å².